The molecule has 0 bridgehead atoms. The molecular weight excluding hydrogens is 355 g/mol. The van der Waals surface area contributed by atoms with Gasteiger partial charge in [0.15, 0.2) is 0 Å². The standard InChI is InChI=1S/C19H21FN2O3S/c1-14(22(26(2,24)25)17-11-9-16(20)10-12-17)19(23)21-13-5-7-15-6-3-4-8-18(15)21/h3-4,6,8-12,14H,5,7,13H2,1-2H3/t14-/m1/s1. The summed E-state index contributed by atoms with van der Waals surface area (Å²) in [4.78, 5) is 14.8. The number of anilines is 2. The van der Waals surface area contributed by atoms with Gasteiger partial charge in [-0.2, -0.15) is 0 Å². The summed E-state index contributed by atoms with van der Waals surface area (Å²) in [6.07, 6.45) is 2.76. The van der Waals surface area contributed by atoms with Crippen LogP contribution in [0.5, 0.6) is 0 Å². The van der Waals surface area contributed by atoms with Crippen molar-refractivity contribution in [3.63, 3.8) is 0 Å². The SMILES string of the molecule is C[C@H](C(=O)N1CCCc2ccccc21)N(c1ccc(F)cc1)S(C)(=O)=O. The monoisotopic (exact) mass is 376 g/mol. The largest absolute Gasteiger partial charge is 0.310 e. The smallest absolute Gasteiger partial charge is 0.250 e. The van der Waals surface area contributed by atoms with E-state index in [0.717, 1.165) is 34.7 Å². The van der Waals surface area contributed by atoms with Crippen LogP contribution < -0.4 is 9.21 Å². The van der Waals surface area contributed by atoms with E-state index in [4.69, 9.17) is 0 Å². The maximum absolute atomic E-state index is 13.2. The van der Waals surface area contributed by atoms with Gasteiger partial charge in [0.25, 0.3) is 5.91 Å². The average Bonchev–Trinajstić information content (AvgIpc) is 2.61. The minimum absolute atomic E-state index is 0.264. The molecule has 2 aromatic rings. The second kappa shape index (κ2) is 7.07. The van der Waals surface area contributed by atoms with Crippen LogP contribution in [0, 0.1) is 5.82 Å². The first-order chi connectivity index (χ1) is 12.3. The lowest BCUT2D eigenvalue weighted by Gasteiger charge is -2.35. The molecule has 0 spiro atoms. The number of amides is 1. The molecule has 1 aliphatic heterocycles. The van der Waals surface area contributed by atoms with E-state index in [9.17, 15) is 17.6 Å². The number of nitrogens with zero attached hydrogens (tertiary/aromatic N) is 2. The maximum Gasteiger partial charge on any atom is 0.250 e. The first-order valence-electron chi connectivity index (χ1n) is 8.43. The van der Waals surface area contributed by atoms with Crippen molar-refractivity contribution in [1.82, 2.24) is 0 Å². The number of rotatable bonds is 4. The minimum Gasteiger partial charge on any atom is -0.310 e. The van der Waals surface area contributed by atoms with Gasteiger partial charge in [0.05, 0.1) is 11.9 Å². The lowest BCUT2D eigenvalue weighted by atomic mass is 10.0. The molecule has 0 N–H and O–H groups in total. The minimum atomic E-state index is -3.73. The molecule has 5 nitrogen and oxygen atoms in total. The van der Waals surface area contributed by atoms with Gasteiger partial charge in [0.2, 0.25) is 10.0 Å². The molecule has 0 aliphatic carbocycles. The van der Waals surface area contributed by atoms with Crippen LogP contribution in [-0.4, -0.2) is 33.2 Å². The topological polar surface area (TPSA) is 57.7 Å². The molecule has 0 fully saturated rings. The van der Waals surface area contributed by atoms with Crippen LogP contribution in [0.15, 0.2) is 48.5 Å². The number of halogens is 1. The summed E-state index contributed by atoms with van der Waals surface area (Å²) in [5.74, 6) is -0.766. The van der Waals surface area contributed by atoms with Crippen molar-refractivity contribution in [2.45, 2.75) is 25.8 Å². The van der Waals surface area contributed by atoms with E-state index in [-0.39, 0.29) is 11.6 Å². The van der Waals surface area contributed by atoms with Crippen LogP contribution in [-0.2, 0) is 21.2 Å². The number of aryl methyl sites for hydroxylation is 1. The van der Waals surface area contributed by atoms with Gasteiger partial charge >= 0.3 is 0 Å². The molecule has 26 heavy (non-hydrogen) atoms. The zero-order valence-electron chi connectivity index (χ0n) is 14.7. The predicted octanol–water partition coefficient (Wildman–Crippen LogP) is 2.96. The Morgan fingerprint density at radius 2 is 1.81 bits per heavy atom. The Balaban J connectivity index is 1.96. The highest BCUT2D eigenvalue weighted by Crippen LogP contribution is 2.29. The second-order valence-electron chi connectivity index (χ2n) is 6.43. The van der Waals surface area contributed by atoms with Crippen LogP contribution in [0.2, 0.25) is 0 Å². The fraction of sp³-hybridized carbons (Fsp3) is 0.316. The number of carbonyl (C=O) groups is 1. The van der Waals surface area contributed by atoms with Gasteiger partial charge in [0.1, 0.15) is 11.9 Å². The molecule has 0 radical (unpaired) electrons. The third-order valence-electron chi connectivity index (χ3n) is 4.52. The molecule has 3 rings (SSSR count). The van der Waals surface area contributed by atoms with Crippen LogP contribution >= 0.6 is 0 Å². The molecule has 1 atom stereocenters. The van der Waals surface area contributed by atoms with Crippen molar-refractivity contribution >= 4 is 27.3 Å². The van der Waals surface area contributed by atoms with Crippen LogP contribution in [0.25, 0.3) is 0 Å². The number of hydrogen-bond donors (Lipinski definition) is 0. The summed E-state index contributed by atoms with van der Waals surface area (Å²) < 4.78 is 39.0. The summed E-state index contributed by atoms with van der Waals surface area (Å²) in [6.45, 7) is 2.10. The van der Waals surface area contributed by atoms with Gasteiger partial charge in [-0.3, -0.25) is 9.10 Å². The normalized spacial score (nSPS) is 15.3. The Bertz CT molecular complexity index is 913. The highest BCUT2D eigenvalue weighted by molar-refractivity contribution is 7.92. The molecule has 1 aliphatic rings. The molecule has 1 heterocycles. The Labute approximate surface area is 153 Å². The molecule has 138 valence electrons. The molecule has 0 saturated heterocycles. The van der Waals surface area contributed by atoms with E-state index in [1.807, 2.05) is 24.3 Å². The fourth-order valence-electron chi connectivity index (χ4n) is 3.38. The van der Waals surface area contributed by atoms with E-state index in [1.165, 1.54) is 24.3 Å². The van der Waals surface area contributed by atoms with E-state index in [2.05, 4.69) is 0 Å². The van der Waals surface area contributed by atoms with Gasteiger partial charge in [0, 0.05) is 12.2 Å². The number of benzene rings is 2. The predicted molar refractivity (Wildman–Crippen MR) is 100 cm³/mol. The number of fused-ring (bicyclic) bond motifs is 1. The zero-order chi connectivity index (χ0) is 18.9. The molecule has 0 unspecified atom stereocenters. The van der Waals surface area contributed by atoms with Gasteiger partial charge in [-0.1, -0.05) is 18.2 Å². The third-order valence-corrected chi connectivity index (χ3v) is 5.77. The number of hydrogen-bond acceptors (Lipinski definition) is 3. The zero-order valence-corrected chi connectivity index (χ0v) is 15.5. The van der Waals surface area contributed by atoms with Crippen LogP contribution in [0.4, 0.5) is 15.8 Å². The Kier molecular flexibility index (Phi) is 5.00. The summed E-state index contributed by atoms with van der Waals surface area (Å²) in [7, 11) is -3.73. The Morgan fingerprint density at radius 1 is 1.15 bits per heavy atom. The molecule has 0 saturated carbocycles. The summed E-state index contributed by atoms with van der Waals surface area (Å²) >= 11 is 0. The second-order valence-corrected chi connectivity index (χ2v) is 8.29. The summed E-state index contributed by atoms with van der Waals surface area (Å²) in [5, 5.41) is 0. The highest BCUT2D eigenvalue weighted by Gasteiger charge is 2.34. The van der Waals surface area contributed by atoms with Crippen molar-refractivity contribution in [2.75, 3.05) is 22.0 Å². The number of para-hydroxylation sites is 1. The van der Waals surface area contributed by atoms with Crippen molar-refractivity contribution in [2.24, 2.45) is 0 Å². The highest BCUT2D eigenvalue weighted by atomic mass is 32.2. The molecule has 7 heteroatoms. The lowest BCUT2D eigenvalue weighted by Crippen LogP contribution is -2.50. The number of carbonyl (C=O) groups excluding carboxylic acids is 1. The van der Waals surface area contributed by atoms with E-state index < -0.39 is 21.9 Å². The van der Waals surface area contributed by atoms with Crippen molar-refractivity contribution in [3.8, 4) is 0 Å². The van der Waals surface area contributed by atoms with E-state index in [1.54, 1.807) is 11.8 Å². The number of sulfonamides is 1. The first-order valence-corrected chi connectivity index (χ1v) is 10.3. The van der Waals surface area contributed by atoms with Crippen LogP contribution in [0.3, 0.4) is 0 Å². The van der Waals surface area contributed by atoms with Crippen molar-refractivity contribution < 1.29 is 17.6 Å². The maximum atomic E-state index is 13.2. The van der Waals surface area contributed by atoms with Gasteiger partial charge in [-0.05, 0) is 55.7 Å². The molecule has 2 aromatic carbocycles. The summed E-state index contributed by atoms with van der Waals surface area (Å²) in [6, 6.07) is 11.8. The van der Waals surface area contributed by atoms with Crippen LogP contribution in [0.1, 0.15) is 18.9 Å². The van der Waals surface area contributed by atoms with E-state index >= 15 is 0 Å². The van der Waals surface area contributed by atoms with Gasteiger partial charge in [-0.25, -0.2) is 12.8 Å². The molecule has 1 amide bonds. The molecule has 0 aromatic heterocycles. The Morgan fingerprint density at radius 3 is 2.46 bits per heavy atom. The lowest BCUT2D eigenvalue weighted by molar-refractivity contribution is -0.119. The van der Waals surface area contributed by atoms with Crippen molar-refractivity contribution in [3.05, 3.63) is 59.9 Å². The van der Waals surface area contributed by atoms with E-state index in [0.29, 0.717) is 6.54 Å². The Hall–Kier alpha value is -2.41. The van der Waals surface area contributed by atoms with Crippen molar-refractivity contribution in [1.29, 1.82) is 0 Å². The quantitative estimate of drug-likeness (QED) is 0.824. The van der Waals surface area contributed by atoms with Gasteiger partial charge < -0.3 is 4.90 Å². The third kappa shape index (κ3) is 3.58. The van der Waals surface area contributed by atoms with Gasteiger partial charge in [-0.15, -0.1) is 0 Å². The first kappa shape index (κ1) is 18.4. The fourth-order valence-corrected chi connectivity index (χ4v) is 4.55. The average molecular weight is 376 g/mol. The summed E-state index contributed by atoms with van der Waals surface area (Å²) in [5.41, 5.74) is 2.16. The molecular formula is C19H21FN2O3S.